The maximum atomic E-state index is 12.1. The first kappa shape index (κ1) is 17.9. The summed E-state index contributed by atoms with van der Waals surface area (Å²) in [6, 6.07) is 9.42. The number of hydrogen-bond acceptors (Lipinski definition) is 6. The standard InChI is InChI=1S/C19H19N3O3S/c1-24-16-7-6-14(10-17(16)25-2)15-12-26-19(21-15)22-18(23)8-5-13-4-3-9-20-11-13/h3-4,6-7,9-12H,5,8H2,1-2H3,(H,21,22,23). The van der Waals surface area contributed by atoms with Gasteiger partial charge in [0.25, 0.3) is 0 Å². The zero-order chi connectivity index (χ0) is 18.4. The van der Waals surface area contributed by atoms with E-state index in [0.717, 1.165) is 16.8 Å². The lowest BCUT2D eigenvalue weighted by atomic mass is 10.1. The Morgan fingerprint density at radius 3 is 2.77 bits per heavy atom. The van der Waals surface area contributed by atoms with Crippen LogP contribution < -0.4 is 14.8 Å². The molecule has 0 aliphatic rings. The summed E-state index contributed by atoms with van der Waals surface area (Å²) in [4.78, 5) is 20.6. The van der Waals surface area contributed by atoms with Crippen molar-refractivity contribution in [2.24, 2.45) is 0 Å². The van der Waals surface area contributed by atoms with Crippen LogP contribution in [0.25, 0.3) is 11.3 Å². The molecular formula is C19H19N3O3S. The van der Waals surface area contributed by atoms with E-state index >= 15 is 0 Å². The van der Waals surface area contributed by atoms with Gasteiger partial charge in [0.2, 0.25) is 5.91 Å². The van der Waals surface area contributed by atoms with E-state index in [4.69, 9.17) is 9.47 Å². The number of amides is 1. The molecule has 6 nitrogen and oxygen atoms in total. The third kappa shape index (κ3) is 4.37. The molecule has 134 valence electrons. The Morgan fingerprint density at radius 2 is 2.04 bits per heavy atom. The molecule has 0 atom stereocenters. The number of carbonyl (C=O) groups is 1. The number of aromatic nitrogens is 2. The number of aryl methyl sites for hydroxylation is 1. The topological polar surface area (TPSA) is 73.3 Å². The van der Waals surface area contributed by atoms with Gasteiger partial charge in [0.15, 0.2) is 16.6 Å². The molecular weight excluding hydrogens is 350 g/mol. The van der Waals surface area contributed by atoms with E-state index in [1.54, 1.807) is 26.6 Å². The summed E-state index contributed by atoms with van der Waals surface area (Å²) in [5, 5.41) is 5.32. The lowest BCUT2D eigenvalue weighted by Crippen LogP contribution is -2.12. The Kier molecular flexibility index (Phi) is 5.80. The zero-order valence-corrected chi connectivity index (χ0v) is 15.4. The molecule has 0 saturated heterocycles. The average molecular weight is 369 g/mol. The first-order valence-corrected chi connectivity index (χ1v) is 8.94. The van der Waals surface area contributed by atoms with Crippen LogP contribution in [0.4, 0.5) is 5.13 Å². The molecule has 2 heterocycles. The molecule has 0 unspecified atom stereocenters. The van der Waals surface area contributed by atoms with E-state index < -0.39 is 0 Å². The van der Waals surface area contributed by atoms with E-state index in [9.17, 15) is 4.79 Å². The molecule has 7 heteroatoms. The van der Waals surface area contributed by atoms with Crippen LogP contribution in [0.3, 0.4) is 0 Å². The Balaban J connectivity index is 1.63. The Morgan fingerprint density at radius 1 is 1.19 bits per heavy atom. The van der Waals surface area contributed by atoms with Gasteiger partial charge < -0.3 is 14.8 Å². The van der Waals surface area contributed by atoms with Crippen LogP contribution in [-0.2, 0) is 11.2 Å². The van der Waals surface area contributed by atoms with Gasteiger partial charge in [-0.25, -0.2) is 4.98 Å². The van der Waals surface area contributed by atoms with Gasteiger partial charge in [-0.1, -0.05) is 6.07 Å². The van der Waals surface area contributed by atoms with Crippen LogP contribution in [0, 0.1) is 0 Å². The fraction of sp³-hybridized carbons (Fsp3) is 0.211. The highest BCUT2D eigenvalue weighted by molar-refractivity contribution is 7.14. The number of rotatable bonds is 7. The molecule has 1 amide bonds. The monoisotopic (exact) mass is 369 g/mol. The zero-order valence-electron chi connectivity index (χ0n) is 14.6. The summed E-state index contributed by atoms with van der Waals surface area (Å²) in [5.41, 5.74) is 2.71. The molecule has 3 rings (SSSR count). The van der Waals surface area contributed by atoms with Crippen molar-refractivity contribution in [1.29, 1.82) is 0 Å². The molecule has 1 N–H and O–H groups in total. The van der Waals surface area contributed by atoms with Gasteiger partial charge in [-0.2, -0.15) is 0 Å². The van der Waals surface area contributed by atoms with Gasteiger partial charge >= 0.3 is 0 Å². The summed E-state index contributed by atoms with van der Waals surface area (Å²) in [5.74, 6) is 1.23. The number of nitrogens with zero attached hydrogens (tertiary/aromatic N) is 2. The summed E-state index contributed by atoms with van der Waals surface area (Å²) < 4.78 is 10.6. The molecule has 0 bridgehead atoms. The van der Waals surface area contributed by atoms with E-state index in [1.807, 2.05) is 35.7 Å². The van der Waals surface area contributed by atoms with Gasteiger partial charge in [-0.05, 0) is 36.2 Å². The highest BCUT2D eigenvalue weighted by atomic mass is 32.1. The predicted molar refractivity (Wildman–Crippen MR) is 102 cm³/mol. The minimum Gasteiger partial charge on any atom is -0.493 e. The van der Waals surface area contributed by atoms with Crippen LogP contribution in [0.1, 0.15) is 12.0 Å². The summed E-state index contributed by atoms with van der Waals surface area (Å²) in [6.07, 6.45) is 4.52. The maximum absolute atomic E-state index is 12.1. The van der Waals surface area contributed by atoms with Crippen molar-refractivity contribution < 1.29 is 14.3 Å². The molecule has 2 aromatic heterocycles. The van der Waals surface area contributed by atoms with E-state index in [2.05, 4.69) is 15.3 Å². The molecule has 0 saturated carbocycles. The van der Waals surface area contributed by atoms with Crippen LogP contribution in [0.15, 0.2) is 48.1 Å². The Hall–Kier alpha value is -2.93. The third-order valence-electron chi connectivity index (χ3n) is 3.79. The smallest absolute Gasteiger partial charge is 0.226 e. The second-order valence-corrected chi connectivity index (χ2v) is 6.38. The maximum Gasteiger partial charge on any atom is 0.226 e. The summed E-state index contributed by atoms with van der Waals surface area (Å²) >= 11 is 1.39. The summed E-state index contributed by atoms with van der Waals surface area (Å²) in [7, 11) is 3.19. The number of benzene rings is 1. The largest absolute Gasteiger partial charge is 0.493 e. The van der Waals surface area contributed by atoms with Crippen molar-refractivity contribution in [3.63, 3.8) is 0 Å². The number of carbonyl (C=O) groups excluding carboxylic acids is 1. The van der Waals surface area contributed by atoms with Crippen LogP contribution in [0.5, 0.6) is 11.5 Å². The highest BCUT2D eigenvalue weighted by Crippen LogP contribution is 2.33. The van der Waals surface area contributed by atoms with Gasteiger partial charge in [-0.15, -0.1) is 11.3 Å². The molecule has 3 aromatic rings. The second-order valence-electron chi connectivity index (χ2n) is 5.52. The first-order valence-electron chi connectivity index (χ1n) is 8.06. The molecule has 0 aliphatic carbocycles. The molecule has 26 heavy (non-hydrogen) atoms. The number of ether oxygens (including phenoxy) is 2. The van der Waals surface area contributed by atoms with E-state index in [0.29, 0.717) is 29.5 Å². The number of nitrogens with one attached hydrogen (secondary N) is 1. The van der Waals surface area contributed by atoms with Crippen molar-refractivity contribution in [3.8, 4) is 22.8 Å². The highest BCUT2D eigenvalue weighted by Gasteiger charge is 2.11. The minimum absolute atomic E-state index is 0.0675. The predicted octanol–water partition coefficient (Wildman–Crippen LogP) is 3.79. The number of anilines is 1. The van der Waals surface area contributed by atoms with Crippen molar-refractivity contribution in [2.75, 3.05) is 19.5 Å². The van der Waals surface area contributed by atoms with Crippen LogP contribution >= 0.6 is 11.3 Å². The van der Waals surface area contributed by atoms with Gasteiger partial charge in [0.1, 0.15) is 0 Å². The van der Waals surface area contributed by atoms with Gasteiger partial charge in [-0.3, -0.25) is 9.78 Å². The SMILES string of the molecule is COc1ccc(-c2csc(NC(=O)CCc3cccnc3)n2)cc1OC. The lowest BCUT2D eigenvalue weighted by molar-refractivity contribution is -0.116. The van der Waals surface area contributed by atoms with Crippen molar-refractivity contribution in [1.82, 2.24) is 9.97 Å². The number of hydrogen-bond donors (Lipinski definition) is 1. The Labute approximate surface area is 155 Å². The summed E-state index contributed by atoms with van der Waals surface area (Å²) in [6.45, 7) is 0. The second kappa shape index (κ2) is 8.44. The number of pyridine rings is 1. The molecule has 1 aromatic carbocycles. The minimum atomic E-state index is -0.0675. The van der Waals surface area contributed by atoms with Gasteiger partial charge in [0, 0.05) is 29.8 Å². The fourth-order valence-electron chi connectivity index (χ4n) is 2.44. The number of thiazole rings is 1. The van der Waals surface area contributed by atoms with Crippen molar-refractivity contribution in [3.05, 3.63) is 53.7 Å². The van der Waals surface area contributed by atoms with Crippen molar-refractivity contribution >= 4 is 22.4 Å². The quantitative estimate of drug-likeness (QED) is 0.686. The van der Waals surface area contributed by atoms with E-state index in [1.165, 1.54) is 11.3 Å². The van der Waals surface area contributed by atoms with Crippen LogP contribution in [-0.4, -0.2) is 30.1 Å². The normalized spacial score (nSPS) is 10.4. The van der Waals surface area contributed by atoms with Gasteiger partial charge in [0.05, 0.1) is 19.9 Å². The average Bonchev–Trinajstić information content (AvgIpc) is 3.15. The molecule has 0 radical (unpaired) electrons. The Bertz CT molecular complexity index is 881. The van der Waals surface area contributed by atoms with E-state index in [-0.39, 0.29) is 5.91 Å². The third-order valence-corrected chi connectivity index (χ3v) is 4.55. The fourth-order valence-corrected chi connectivity index (χ4v) is 3.18. The lowest BCUT2D eigenvalue weighted by Gasteiger charge is -2.08. The molecule has 0 fully saturated rings. The number of methoxy groups -OCH3 is 2. The molecule has 0 spiro atoms. The molecule has 0 aliphatic heterocycles. The first-order chi connectivity index (χ1) is 12.7. The van der Waals surface area contributed by atoms with Crippen molar-refractivity contribution in [2.45, 2.75) is 12.8 Å². The van der Waals surface area contributed by atoms with Crippen LogP contribution in [0.2, 0.25) is 0 Å².